The van der Waals surface area contributed by atoms with Crippen molar-refractivity contribution in [3.63, 3.8) is 0 Å². The van der Waals surface area contributed by atoms with Crippen molar-refractivity contribution in [3.8, 4) is 22.6 Å². The molecule has 1 saturated carbocycles. The molecule has 206 valence electrons. The quantitative estimate of drug-likeness (QED) is 0.212. The highest BCUT2D eigenvalue weighted by molar-refractivity contribution is 5.84. The van der Waals surface area contributed by atoms with Gasteiger partial charge in [-0.15, -0.1) is 0 Å². The smallest absolute Gasteiger partial charge is 0.407 e. The fourth-order valence-corrected chi connectivity index (χ4v) is 4.95. The first-order chi connectivity index (χ1) is 19.5. The summed E-state index contributed by atoms with van der Waals surface area (Å²) in [7, 11) is 1.58. The average molecular weight is 542 g/mol. The van der Waals surface area contributed by atoms with E-state index in [2.05, 4.69) is 5.32 Å². The van der Waals surface area contributed by atoms with Crippen molar-refractivity contribution in [2.45, 2.75) is 32.3 Å². The van der Waals surface area contributed by atoms with Crippen LogP contribution in [0.5, 0.6) is 11.5 Å². The van der Waals surface area contributed by atoms with Crippen LogP contribution in [0.1, 0.15) is 31.2 Å². The molecule has 0 bridgehead atoms. The molecule has 0 aliphatic heterocycles. The highest BCUT2D eigenvalue weighted by Crippen LogP contribution is 2.31. The molecule has 1 amide bonds. The van der Waals surface area contributed by atoms with E-state index in [1.165, 1.54) is 6.26 Å². The van der Waals surface area contributed by atoms with Crippen LogP contribution < -0.4 is 20.2 Å². The van der Waals surface area contributed by atoms with Gasteiger partial charge in [0.15, 0.2) is 5.43 Å². The van der Waals surface area contributed by atoms with Crippen LogP contribution in [-0.2, 0) is 16.1 Å². The highest BCUT2D eigenvalue weighted by atomic mass is 16.5. The molecule has 0 unspecified atom stereocenters. The molecule has 1 aliphatic carbocycles. The van der Waals surface area contributed by atoms with Crippen LogP contribution in [-0.4, -0.2) is 25.7 Å². The summed E-state index contributed by atoms with van der Waals surface area (Å²) in [5.41, 5.74) is 2.28. The number of benzene rings is 3. The fraction of sp³-hybridized carbons (Fsp3) is 0.281. The lowest BCUT2D eigenvalue weighted by atomic mass is 9.82. The second-order valence-corrected chi connectivity index (χ2v) is 9.95. The number of methoxy groups -OCH3 is 1. The average Bonchev–Trinajstić information content (AvgIpc) is 3.00. The molecule has 40 heavy (non-hydrogen) atoms. The lowest BCUT2D eigenvalue weighted by molar-refractivity contribution is -0.140. The number of carbonyl (C=O) groups excluding carboxylic acids is 2. The van der Waals surface area contributed by atoms with Gasteiger partial charge in [0, 0.05) is 12.6 Å². The van der Waals surface area contributed by atoms with Crippen LogP contribution in [0, 0.1) is 11.8 Å². The van der Waals surface area contributed by atoms with E-state index in [-0.39, 0.29) is 29.8 Å². The van der Waals surface area contributed by atoms with Gasteiger partial charge in [-0.2, -0.15) is 0 Å². The number of esters is 1. The van der Waals surface area contributed by atoms with Crippen molar-refractivity contribution in [2.75, 3.05) is 13.7 Å². The minimum atomic E-state index is -0.440. The lowest BCUT2D eigenvalue weighted by Crippen LogP contribution is -2.33. The first kappa shape index (κ1) is 27.0. The van der Waals surface area contributed by atoms with Gasteiger partial charge in [0.25, 0.3) is 0 Å². The zero-order chi connectivity index (χ0) is 27.9. The molecule has 1 fully saturated rings. The summed E-state index contributed by atoms with van der Waals surface area (Å²) in [6.07, 6.45) is 3.95. The number of carbonyl (C=O) groups is 2. The highest BCUT2D eigenvalue weighted by Gasteiger charge is 2.28. The fourth-order valence-electron chi connectivity index (χ4n) is 4.95. The Morgan fingerprint density at radius 1 is 0.925 bits per heavy atom. The Balaban J connectivity index is 1.11. The topological polar surface area (TPSA) is 104 Å². The number of hydrogen-bond acceptors (Lipinski definition) is 7. The van der Waals surface area contributed by atoms with Crippen molar-refractivity contribution in [3.05, 3.63) is 94.8 Å². The van der Waals surface area contributed by atoms with Gasteiger partial charge < -0.3 is 23.9 Å². The van der Waals surface area contributed by atoms with E-state index in [0.717, 1.165) is 24.0 Å². The van der Waals surface area contributed by atoms with Gasteiger partial charge in [0.05, 0.1) is 24.0 Å². The maximum Gasteiger partial charge on any atom is 0.407 e. The molecule has 0 spiro atoms. The Morgan fingerprint density at radius 2 is 1.65 bits per heavy atom. The first-order valence-corrected chi connectivity index (χ1v) is 13.4. The molecular weight excluding hydrogens is 510 g/mol. The van der Waals surface area contributed by atoms with E-state index >= 15 is 0 Å². The van der Waals surface area contributed by atoms with Gasteiger partial charge in [-0.25, -0.2) is 4.79 Å². The van der Waals surface area contributed by atoms with E-state index in [1.807, 2.05) is 30.3 Å². The van der Waals surface area contributed by atoms with Crippen LogP contribution in [0.25, 0.3) is 22.1 Å². The summed E-state index contributed by atoms with van der Waals surface area (Å²) in [5, 5.41) is 3.23. The number of nitrogens with one attached hydrogen (secondary N) is 1. The van der Waals surface area contributed by atoms with E-state index in [0.29, 0.717) is 47.4 Å². The summed E-state index contributed by atoms with van der Waals surface area (Å²) in [6, 6.07) is 21.5. The van der Waals surface area contributed by atoms with Gasteiger partial charge in [0.2, 0.25) is 0 Å². The van der Waals surface area contributed by atoms with Gasteiger partial charge in [0.1, 0.15) is 30.0 Å². The monoisotopic (exact) mass is 541 g/mol. The lowest BCUT2D eigenvalue weighted by Gasteiger charge is -2.27. The Kier molecular flexibility index (Phi) is 8.44. The maximum atomic E-state index is 13.1. The second kappa shape index (κ2) is 12.5. The third-order valence-electron chi connectivity index (χ3n) is 7.29. The molecule has 5 rings (SSSR count). The largest absolute Gasteiger partial charge is 0.497 e. The van der Waals surface area contributed by atoms with Crippen molar-refractivity contribution in [2.24, 2.45) is 11.8 Å². The summed E-state index contributed by atoms with van der Waals surface area (Å²) in [5.74, 6) is 0.794. The van der Waals surface area contributed by atoms with Gasteiger partial charge in [-0.1, -0.05) is 42.5 Å². The molecule has 0 radical (unpaired) electrons. The second-order valence-electron chi connectivity index (χ2n) is 9.95. The summed E-state index contributed by atoms with van der Waals surface area (Å²) in [4.78, 5) is 37.9. The minimum Gasteiger partial charge on any atom is -0.497 e. The van der Waals surface area contributed by atoms with Crippen LogP contribution in [0.3, 0.4) is 0 Å². The summed E-state index contributed by atoms with van der Waals surface area (Å²) >= 11 is 0. The minimum absolute atomic E-state index is 0.167. The number of rotatable bonds is 8. The normalized spacial score (nSPS) is 16.7. The molecule has 0 atom stereocenters. The van der Waals surface area contributed by atoms with Crippen molar-refractivity contribution >= 4 is 23.0 Å². The number of alkyl carbamates (subject to hydrolysis) is 1. The molecule has 1 heterocycles. The van der Waals surface area contributed by atoms with E-state index in [1.54, 1.807) is 49.6 Å². The molecule has 1 aromatic heterocycles. The molecule has 4 aromatic rings. The van der Waals surface area contributed by atoms with Crippen molar-refractivity contribution in [1.29, 1.82) is 0 Å². The zero-order valence-corrected chi connectivity index (χ0v) is 22.3. The number of hydrogen-bond donors (Lipinski definition) is 1. The Morgan fingerprint density at radius 3 is 2.38 bits per heavy atom. The SMILES string of the molecule is COc1ccc(-c2coc3cc(OC(=O)C4CCC(CNC(=O)OCc5ccccc5)CC4)ccc3c2=O)cc1. The van der Waals surface area contributed by atoms with Crippen LogP contribution in [0.15, 0.2) is 88.3 Å². The predicted octanol–water partition coefficient (Wildman–Crippen LogP) is 6.11. The predicted molar refractivity (Wildman–Crippen MR) is 150 cm³/mol. The Hall–Kier alpha value is -4.59. The van der Waals surface area contributed by atoms with Crippen LogP contribution >= 0.6 is 0 Å². The molecule has 8 nitrogen and oxygen atoms in total. The third kappa shape index (κ3) is 6.51. The standard InChI is InChI=1S/C32H31NO7/c1-37-25-13-11-23(12-14-25)28-20-38-29-17-26(15-16-27(29)30(28)34)40-31(35)24-9-7-21(8-10-24)18-33-32(36)39-19-22-5-3-2-4-6-22/h2-6,11-17,20-21,24H,7-10,18-19H2,1H3,(H,33,36). The van der Waals surface area contributed by atoms with Crippen LogP contribution in [0.4, 0.5) is 4.79 Å². The van der Waals surface area contributed by atoms with E-state index in [4.69, 9.17) is 18.6 Å². The molecule has 3 aromatic carbocycles. The Bertz CT molecular complexity index is 1520. The molecular formula is C32H31NO7. The number of fused-ring (bicyclic) bond motifs is 1. The van der Waals surface area contributed by atoms with Crippen molar-refractivity contribution in [1.82, 2.24) is 5.32 Å². The molecule has 1 N–H and O–H groups in total. The summed E-state index contributed by atoms with van der Waals surface area (Å²) < 4.78 is 21.8. The third-order valence-corrected chi connectivity index (χ3v) is 7.29. The molecule has 8 heteroatoms. The molecule has 0 saturated heterocycles. The number of amides is 1. The van der Waals surface area contributed by atoms with Crippen LogP contribution in [0.2, 0.25) is 0 Å². The van der Waals surface area contributed by atoms with Crippen molar-refractivity contribution < 1.29 is 28.2 Å². The first-order valence-electron chi connectivity index (χ1n) is 13.4. The van der Waals surface area contributed by atoms with E-state index < -0.39 is 6.09 Å². The van der Waals surface area contributed by atoms with E-state index in [9.17, 15) is 14.4 Å². The van der Waals surface area contributed by atoms with Gasteiger partial charge in [-0.3, -0.25) is 9.59 Å². The van der Waals surface area contributed by atoms with Gasteiger partial charge in [-0.05, 0) is 67.0 Å². The zero-order valence-electron chi connectivity index (χ0n) is 22.3. The maximum absolute atomic E-state index is 13.1. The van der Waals surface area contributed by atoms with Gasteiger partial charge >= 0.3 is 12.1 Å². The summed E-state index contributed by atoms with van der Waals surface area (Å²) in [6.45, 7) is 0.741. The number of ether oxygens (including phenoxy) is 3. The Labute approximate surface area is 231 Å². The molecule has 1 aliphatic rings.